The smallest absolute Gasteiger partial charge is 0.338 e. The number of aryl methyl sites for hydroxylation is 1. The van der Waals surface area contributed by atoms with Crippen molar-refractivity contribution in [3.8, 4) is 0 Å². The number of nitrogens with two attached hydrogens (primary N) is 1. The highest BCUT2D eigenvalue weighted by molar-refractivity contribution is 5.81. The van der Waals surface area contributed by atoms with Gasteiger partial charge in [0.2, 0.25) is 11.9 Å². The molecule has 0 bridgehead atoms. The van der Waals surface area contributed by atoms with E-state index in [0.29, 0.717) is 26.2 Å². The molecule has 1 unspecified atom stereocenters. The van der Waals surface area contributed by atoms with Crippen LogP contribution in [0.1, 0.15) is 18.3 Å². The van der Waals surface area contributed by atoms with Crippen LogP contribution in [0, 0.1) is 6.92 Å². The van der Waals surface area contributed by atoms with E-state index in [0.717, 1.165) is 6.07 Å². The third-order valence-corrected chi connectivity index (χ3v) is 3.40. The second kappa shape index (κ2) is 6.07. The Morgan fingerprint density at radius 3 is 2.36 bits per heavy atom. The molecular formula is C13H18F3N5O. The van der Waals surface area contributed by atoms with Gasteiger partial charge in [-0.05, 0) is 19.9 Å². The van der Waals surface area contributed by atoms with Crippen molar-refractivity contribution in [2.75, 3.05) is 31.1 Å². The summed E-state index contributed by atoms with van der Waals surface area (Å²) in [5.74, 6) is -0.124. The van der Waals surface area contributed by atoms with E-state index in [4.69, 9.17) is 5.73 Å². The molecule has 1 amide bonds. The number of hydrogen-bond acceptors (Lipinski definition) is 5. The molecule has 9 heteroatoms. The maximum absolute atomic E-state index is 12.8. The van der Waals surface area contributed by atoms with Crippen LogP contribution >= 0.6 is 0 Å². The van der Waals surface area contributed by atoms with E-state index in [1.165, 1.54) is 6.92 Å². The molecule has 6 nitrogen and oxygen atoms in total. The summed E-state index contributed by atoms with van der Waals surface area (Å²) in [6, 6.07) is 0.331. The molecule has 0 spiro atoms. The van der Waals surface area contributed by atoms with Crippen LogP contribution in [-0.4, -0.2) is 53.0 Å². The van der Waals surface area contributed by atoms with Crippen LogP contribution in [0.4, 0.5) is 19.1 Å². The highest BCUT2D eigenvalue weighted by Crippen LogP contribution is 2.29. The number of nitrogens with zero attached hydrogens (tertiary/aromatic N) is 4. The molecule has 1 aliphatic rings. The van der Waals surface area contributed by atoms with Crippen LogP contribution in [0.5, 0.6) is 0 Å². The van der Waals surface area contributed by atoms with Crippen LogP contribution in [-0.2, 0) is 11.0 Å². The predicted molar refractivity (Wildman–Crippen MR) is 74.2 cm³/mol. The normalized spacial score (nSPS) is 17.5. The van der Waals surface area contributed by atoms with Gasteiger partial charge in [-0.2, -0.15) is 13.2 Å². The Balaban J connectivity index is 2.12. The summed E-state index contributed by atoms with van der Waals surface area (Å²) in [6.07, 6.45) is -4.50. The molecule has 1 aromatic heterocycles. The van der Waals surface area contributed by atoms with Gasteiger partial charge in [0.05, 0.1) is 6.04 Å². The number of anilines is 1. The van der Waals surface area contributed by atoms with E-state index in [9.17, 15) is 18.0 Å². The van der Waals surface area contributed by atoms with Gasteiger partial charge in [-0.15, -0.1) is 0 Å². The predicted octanol–water partition coefficient (Wildman–Crippen LogP) is 0.800. The van der Waals surface area contributed by atoms with E-state index < -0.39 is 17.9 Å². The summed E-state index contributed by atoms with van der Waals surface area (Å²) in [6.45, 7) is 4.63. The van der Waals surface area contributed by atoms with Crippen molar-refractivity contribution in [1.82, 2.24) is 14.9 Å². The lowest BCUT2D eigenvalue weighted by Gasteiger charge is -2.35. The van der Waals surface area contributed by atoms with E-state index in [2.05, 4.69) is 9.97 Å². The van der Waals surface area contributed by atoms with Crippen LogP contribution in [0.3, 0.4) is 0 Å². The largest absolute Gasteiger partial charge is 0.433 e. The molecule has 0 saturated carbocycles. The minimum absolute atomic E-state index is 0.0419. The Morgan fingerprint density at radius 2 is 1.86 bits per heavy atom. The second-order valence-corrected chi connectivity index (χ2v) is 5.29. The average Bonchev–Trinajstić information content (AvgIpc) is 2.45. The maximum Gasteiger partial charge on any atom is 0.433 e. The molecule has 2 N–H and O–H groups in total. The van der Waals surface area contributed by atoms with Crippen molar-refractivity contribution in [1.29, 1.82) is 0 Å². The molecular weight excluding hydrogens is 299 g/mol. The molecule has 1 fully saturated rings. The van der Waals surface area contributed by atoms with Gasteiger partial charge in [-0.1, -0.05) is 0 Å². The van der Waals surface area contributed by atoms with Crippen molar-refractivity contribution >= 4 is 11.9 Å². The van der Waals surface area contributed by atoms with Crippen LogP contribution in [0.2, 0.25) is 0 Å². The monoisotopic (exact) mass is 317 g/mol. The van der Waals surface area contributed by atoms with Crippen molar-refractivity contribution in [3.05, 3.63) is 17.5 Å². The fraction of sp³-hybridized carbons (Fsp3) is 0.615. The minimum atomic E-state index is -4.50. The zero-order chi connectivity index (χ0) is 16.5. The number of amides is 1. The van der Waals surface area contributed by atoms with E-state index in [1.54, 1.807) is 16.7 Å². The molecule has 2 heterocycles. The molecule has 2 rings (SSSR count). The lowest BCUT2D eigenvalue weighted by molar-refractivity contribution is -0.141. The maximum atomic E-state index is 12.8. The first-order chi connectivity index (χ1) is 10.2. The number of hydrogen-bond donors (Lipinski definition) is 1. The van der Waals surface area contributed by atoms with Gasteiger partial charge in [-0.3, -0.25) is 4.79 Å². The summed E-state index contributed by atoms with van der Waals surface area (Å²) in [5, 5.41) is 0. The third-order valence-electron chi connectivity index (χ3n) is 3.40. The van der Waals surface area contributed by atoms with Crippen molar-refractivity contribution < 1.29 is 18.0 Å². The molecule has 22 heavy (non-hydrogen) atoms. The molecule has 0 radical (unpaired) electrons. The molecule has 1 saturated heterocycles. The number of halogens is 3. The van der Waals surface area contributed by atoms with Gasteiger partial charge in [0, 0.05) is 31.9 Å². The molecule has 0 aliphatic carbocycles. The summed E-state index contributed by atoms with van der Waals surface area (Å²) in [4.78, 5) is 22.7. The summed E-state index contributed by atoms with van der Waals surface area (Å²) in [5.41, 5.74) is 4.85. The number of carbonyl (C=O) groups is 1. The lowest BCUT2D eigenvalue weighted by Crippen LogP contribution is -2.53. The summed E-state index contributed by atoms with van der Waals surface area (Å²) < 4.78 is 38.4. The van der Waals surface area contributed by atoms with Gasteiger partial charge in [-0.25, -0.2) is 9.97 Å². The van der Waals surface area contributed by atoms with E-state index >= 15 is 0 Å². The summed E-state index contributed by atoms with van der Waals surface area (Å²) in [7, 11) is 0. The van der Waals surface area contributed by atoms with Gasteiger partial charge in [0.1, 0.15) is 5.69 Å². The highest BCUT2D eigenvalue weighted by Gasteiger charge is 2.34. The van der Waals surface area contributed by atoms with Crippen LogP contribution < -0.4 is 10.6 Å². The fourth-order valence-corrected chi connectivity index (χ4v) is 2.25. The molecule has 1 aliphatic heterocycles. The highest BCUT2D eigenvalue weighted by atomic mass is 19.4. The Morgan fingerprint density at radius 1 is 1.27 bits per heavy atom. The first kappa shape index (κ1) is 16.5. The topological polar surface area (TPSA) is 75.4 Å². The van der Waals surface area contributed by atoms with E-state index in [1.807, 2.05) is 0 Å². The van der Waals surface area contributed by atoms with Crippen molar-refractivity contribution in [3.63, 3.8) is 0 Å². The second-order valence-electron chi connectivity index (χ2n) is 5.29. The van der Waals surface area contributed by atoms with Gasteiger partial charge in [0.25, 0.3) is 0 Å². The van der Waals surface area contributed by atoms with Crippen molar-refractivity contribution in [2.45, 2.75) is 26.1 Å². The molecule has 0 aromatic carbocycles. The average molecular weight is 317 g/mol. The fourth-order valence-electron chi connectivity index (χ4n) is 2.25. The zero-order valence-corrected chi connectivity index (χ0v) is 12.4. The number of aromatic nitrogens is 2. The Labute approximate surface area is 126 Å². The zero-order valence-electron chi connectivity index (χ0n) is 12.4. The van der Waals surface area contributed by atoms with Crippen molar-refractivity contribution in [2.24, 2.45) is 5.73 Å². The standard InChI is InChI=1S/C13H18F3N5O/c1-8-7-10(13(14,15)16)19-12(18-8)21-5-3-20(4-6-21)11(22)9(2)17/h7,9H,3-6,17H2,1-2H3. The first-order valence-corrected chi connectivity index (χ1v) is 6.90. The Kier molecular flexibility index (Phi) is 4.55. The Hall–Kier alpha value is -1.90. The number of alkyl halides is 3. The van der Waals surface area contributed by atoms with Gasteiger partial charge >= 0.3 is 6.18 Å². The molecule has 1 atom stereocenters. The van der Waals surface area contributed by atoms with Gasteiger partial charge in [0.15, 0.2) is 0 Å². The van der Waals surface area contributed by atoms with E-state index in [-0.39, 0.29) is 17.5 Å². The number of piperazine rings is 1. The first-order valence-electron chi connectivity index (χ1n) is 6.90. The molecule has 122 valence electrons. The SMILES string of the molecule is Cc1cc(C(F)(F)F)nc(N2CCN(C(=O)C(C)N)CC2)n1. The number of carbonyl (C=O) groups excluding carboxylic acids is 1. The quantitative estimate of drug-likeness (QED) is 0.873. The lowest BCUT2D eigenvalue weighted by atomic mass is 10.2. The number of rotatable bonds is 2. The molecule has 1 aromatic rings. The van der Waals surface area contributed by atoms with Crippen LogP contribution in [0.25, 0.3) is 0 Å². The third kappa shape index (κ3) is 3.65. The minimum Gasteiger partial charge on any atom is -0.338 e. The Bertz CT molecular complexity index is 553. The van der Waals surface area contributed by atoms with Crippen LogP contribution in [0.15, 0.2) is 6.07 Å². The summed E-state index contributed by atoms with van der Waals surface area (Å²) >= 11 is 0. The van der Waals surface area contributed by atoms with Gasteiger partial charge < -0.3 is 15.5 Å².